The molecule has 0 heterocycles. The van der Waals surface area contributed by atoms with E-state index in [4.69, 9.17) is 0 Å². The van der Waals surface area contributed by atoms with Crippen molar-refractivity contribution in [2.75, 3.05) is 0 Å². The van der Waals surface area contributed by atoms with E-state index < -0.39 is 0 Å². The number of rotatable bonds is 2. The molecule has 0 aromatic heterocycles. The van der Waals surface area contributed by atoms with Gasteiger partial charge in [0.2, 0.25) is 0 Å². The lowest BCUT2D eigenvalue weighted by molar-refractivity contribution is 0.779. The van der Waals surface area contributed by atoms with E-state index in [2.05, 4.69) is 61.2 Å². The Morgan fingerprint density at radius 3 is 1.85 bits per heavy atom. The summed E-state index contributed by atoms with van der Waals surface area (Å²) in [4.78, 5) is 0. The first-order chi connectivity index (χ1) is 5.91. The van der Waals surface area contributed by atoms with E-state index in [1.54, 1.807) is 0 Å². The molecule has 1 aromatic carbocycles. The van der Waals surface area contributed by atoms with Gasteiger partial charge in [0.25, 0.3) is 0 Å². The Morgan fingerprint density at radius 2 is 1.54 bits per heavy atom. The summed E-state index contributed by atoms with van der Waals surface area (Å²) in [6.07, 6.45) is 0. The highest BCUT2D eigenvalue weighted by Gasteiger charge is 2.13. The Bertz CT molecular complexity index is 264. The fourth-order valence-corrected chi connectivity index (χ4v) is 1.49. The van der Waals surface area contributed by atoms with E-state index in [1.165, 1.54) is 11.1 Å². The summed E-state index contributed by atoms with van der Waals surface area (Å²) in [6.45, 7) is 8.87. The molecule has 1 atom stereocenters. The van der Waals surface area contributed by atoms with Crippen LogP contribution in [0.5, 0.6) is 0 Å². The highest BCUT2D eigenvalue weighted by Crippen LogP contribution is 2.30. The van der Waals surface area contributed by atoms with Gasteiger partial charge in [0, 0.05) is 5.16 Å². The third-order valence-electron chi connectivity index (χ3n) is 2.32. The third-order valence-corrected chi connectivity index (χ3v) is 2.65. The van der Waals surface area contributed by atoms with Gasteiger partial charge >= 0.3 is 0 Å². The maximum atomic E-state index is 2.87. The normalized spacial score (nSPS) is 12.2. The largest absolute Gasteiger partial charge is 0.127 e. The van der Waals surface area contributed by atoms with Crippen LogP contribution in [0.25, 0.3) is 0 Å². The molecule has 1 rings (SSSR count). The van der Waals surface area contributed by atoms with Crippen LogP contribution in [0.15, 0.2) is 24.3 Å². The summed E-state index contributed by atoms with van der Waals surface area (Å²) in [6, 6.07) is 8.91. The van der Waals surface area contributed by atoms with E-state index in [0.717, 1.165) is 0 Å². The molecule has 1 unspecified atom stereocenters. The Balaban J connectivity index is 2.94. The lowest BCUT2D eigenvalue weighted by Crippen LogP contribution is -2.06. The van der Waals surface area contributed by atoms with Crippen molar-refractivity contribution in [2.24, 2.45) is 0 Å². The monoisotopic (exact) mass is 194 g/mol. The second kappa shape index (κ2) is 3.80. The van der Waals surface area contributed by atoms with E-state index in [1.807, 2.05) is 0 Å². The smallest absolute Gasteiger partial charge is 0.00413 e. The number of hydrogen-bond donors (Lipinski definition) is 0. The first-order valence-corrected chi connectivity index (χ1v) is 5.38. The molecule has 0 nitrogen and oxygen atoms in total. The second-order valence-electron chi connectivity index (χ2n) is 4.50. The summed E-state index contributed by atoms with van der Waals surface area (Å²) < 4.78 is 0. The molecule has 0 amide bonds. The van der Waals surface area contributed by atoms with E-state index in [-0.39, 0.29) is 5.16 Å². The van der Waals surface area contributed by atoms with Crippen LogP contribution in [0.4, 0.5) is 0 Å². The molecule has 72 valence electrons. The van der Waals surface area contributed by atoms with Crippen molar-refractivity contribution in [3.8, 4) is 0 Å². The molecule has 0 saturated heterocycles. The van der Waals surface area contributed by atoms with Crippen LogP contribution < -0.4 is 0 Å². The van der Waals surface area contributed by atoms with Crippen molar-refractivity contribution < 1.29 is 0 Å². The summed E-state index contributed by atoms with van der Waals surface area (Å²) in [7, 11) is 2.87. The molecule has 0 aliphatic rings. The van der Waals surface area contributed by atoms with Gasteiger partial charge in [-0.25, -0.2) is 0 Å². The average molecular weight is 194 g/mol. The van der Waals surface area contributed by atoms with Gasteiger partial charge in [0.1, 0.15) is 0 Å². The molecule has 13 heavy (non-hydrogen) atoms. The Hall–Kier alpha value is -0.350. The predicted molar refractivity (Wildman–Crippen MR) is 63.3 cm³/mol. The molecule has 0 radical (unpaired) electrons. The molecular formula is C12H19P. The summed E-state index contributed by atoms with van der Waals surface area (Å²) >= 11 is 0. The van der Waals surface area contributed by atoms with Crippen LogP contribution in [0.1, 0.15) is 44.7 Å². The minimum atomic E-state index is 0.190. The van der Waals surface area contributed by atoms with Crippen molar-refractivity contribution in [2.45, 2.75) is 38.8 Å². The van der Waals surface area contributed by atoms with Gasteiger partial charge in [0.05, 0.1) is 0 Å². The summed E-state index contributed by atoms with van der Waals surface area (Å²) in [5.41, 5.74) is 2.79. The third kappa shape index (κ3) is 2.81. The van der Waals surface area contributed by atoms with E-state index in [9.17, 15) is 0 Å². The topological polar surface area (TPSA) is 0 Å². The Morgan fingerprint density at radius 1 is 1.08 bits per heavy atom. The average Bonchev–Trinajstić information content (AvgIpc) is 2.03. The molecule has 0 N–H and O–H groups in total. The summed E-state index contributed by atoms with van der Waals surface area (Å²) in [5.74, 6) is 0.627. The van der Waals surface area contributed by atoms with E-state index in [0.29, 0.717) is 5.92 Å². The van der Waals surface area contributed by atoms with Crippen LogP contribution in [0, 0.1) is 0 Å². The zero-order valence-electron chi connectivity index (χ0n) is 8.96. The number of hydrogen-bond acceptors (Lipinski definition) is 0. The Labute approximate surface area is 84.0 Å². The molecule has 1 heteroatoms. The van der Waals surface area contributed by atoms with Crippen LogP contribution in [-0.2, 0) is 5.16 Å². The zero-order chi connectivity index (χ0) is 10.1. The lowest BCUT2D eigenvalue weighted by atomic mass is 9.97. The molecule has 0 spiro atoms. The standard InChI is InChI=1S/C12H19P/c1-9(2)10-5-7-11(8-6-10)12(3,4)13/h5-9H,13H2,1-4H3. The van der Waals surface area contributed by atoms with Gasteiger partial charge in [-0.15, -0.1) is 9.24 Å². The number of benzene rings is 1. The van der Waals surface area contributed by atoms with Gasteiger partial charge in [-0.2, -0.15) is 0 Å². The SMILES string of the molecule is CC(C)c1ccc(C(C)(C)P)cc1. The fraction of sp³-hybridized carbons (Fsp3) is 0.500. The van der Waals surface area contributed by atoms with Crippen LogP contribution >= 0.6 is 9.24 Å². The van der Waals surface area contributed by atoms with Crippen molar-refractivity contribution in [3.63, 3.8) is 0 Å². The molecule has 0 aliphatic carbocycles. The molecule has 0 aliphatic heterocycles. The highest BCUT2D eigenvalue weighted by atomic mass is 31.0. The maximum absolute atomic E-state index is 2.87. The van der Waals surface area contributed by atoms with Gasteiger partial charge in [0.15, 0.2) is 0 Å². The minimum Gasteiger partial charge on any atom is -0.127 e. The van der Waals surface area contributed by atoms with Crippen LogP contribution in [0.2, 0.25) is 0 Å². The highest BCUT2D eigenvalue weighted by molar-refractivity contribution is 7.18. The first kappa shape index (κ1) is 10.7. The molecule has 0 saturated carbocycles. The predicted octanol–water partition coefficient (Wildman–Crippen LogP) is 3.92. The van der Waals surface area contributed by atoms with Crippen LogP contribution in [-0.4, -0.2) is 0 Å². The van der Waals surface area contributed by atoms with Gasteiger partial charge in [-0.1, -0.05) is 52.0 Å². The van der Waals surface area contributed by atoms with Crippen molar-refractivity contribution >= 4 is 9.24 Å². The molecule has 1 aromatic rings. The minimum absolute atomic E-state index is 0.190. The summed E-state index contributed by atoms with van der Waals surface area (Å²) in [5, 5.41) is 0.190. The van der Waals surface area contributed by atoms with Gasteiger partial charge in [-0.05, 0) is 17.0 Å². The van der Waals surface area contributed by atoms with Crippen LogP contribution in [0.3, 0.4) is 0 Å². The lowest BCUT2D eigenvalue weighted by Gasteiger charge is -2.19. The first-order valence-electron chi connectivity index (χ1n) is 4.80. The molecule has 0 bridgehead atoms. The van der Waals surface area contributed by atoms with Crippen molar-refractivity contribution in [1.82, 2.24) is 0 Å². The zero-order valence-corrected chi connectivity index (χ0v) is 10.1. The molecular weight excluding hydrogens is 175 g/mol. The van der Waals surface area contributed by atoms with Crippen molar-refractivity contribution in [3.05, 3.63) is 35.4 Å². The second-order valence-corrected chi connectivity index (χ2v) is 5.94. The van der Waals surface area contributed by atoms with Crippen molar-refractivity contribution in [1.29, 1.82) is 0 Å². The quantitative estimate of drug-likeness (QED) is 0.626. The molecule has 0 fully saturated rings. The fourth-order valence-electron chi connectivity index (χ4n) is 1.30. The van der Waals surface area contributed by atoms with Gasteiger partial charge < -0.3 is 0 Å². The Kier molecular flexibility index (Phi) is 3.14. The van der Waals surface area contributed by atoms with Gasteiger partial charge in [-0.3, -0.25) is 0 Å². The van der Waals surface area contributed by atoms with E-state index >= 15 is 0 Å². The maximum Gasteiger partial charge on any atom is 0.00413 e.